The number of carbonyl (C=O) groups is 1. The van der Waals surface area contributed by atoms with Gasteiger partial charge < -0.3 is 5.32 Å². The maximum atomic E-state index is 12.4. The maximum absolute atomic E-state index is 12.4. The molecule has 182 valence electrons. The van der Waals surface area contributed by atoms with Crippen LogP contribution < -0.4 is 5.32 Å². The van der Waals surface area contributed by atoms with E-state index in [1.54, 1.807) is 6.20 Å². The molecule has 0 aliphatic carbocycles. The fourth-order valence-corrected chi connectivity index (χ4v) is 3.53. The Bertz CT molecular complexity index is 839. The summed E-state index contributed by atoms with van der Waals surface area (Å²) in [5.41, 5.74) is 7.34. The first-order valence-electron chi connectivity index (χ1n) is 12.6. The van der Waals surface area contributed by atoms with Crippen molar-refractivity contribution in [2.75, 3.05) is 6.54 Å². The van der Waals surface area contributed by atoms with Crippen molar-refractivity contribution in [1.82, 2.24) is 10.3 Å². The SMILES string of the molecule is CCCCc1ccnc(C(=O)NC/C=C(\C)CC/C=C(\C)CC/C=C(\C)CCC=C(C)C)c1. The molecule has 0 spiro atoms. The monoisotopic (exact) mass is 450 g/mol. The van der Waals surface area contributed by atoms with Gasteiger partial charge in [-0.15, -0.1) is 0 Å². The summed E-state index contributed by atoms with van der Waals surface area (Å²) in [5, 5.41) is 2.97. The number of hydrogen-bond acceptors (Lipinski definition) is 2. The van der Waals surface area contributed by atoms with Crippen molar-refractivity contribution in [2.45, 2.75) is 99.3 Å². The second kappa shape index (κ2) is 17.1. The molecular weight excluding hydrogens is 404 g/mol. The summed E-state index contributed by atoms with van der Waals surface area (Å²) >= 11 is 0. The van der Waals surface area contributed by atoms with Gasteiger partial charge in [-0.1, -0.05) is 59.9 Å². The van der Waals surface area contributed by atoms with Crippen molar-refractivity contribution in [3.8, 4) is 0 Å². The molecule has 0 bridgehead atoms. The lowest BCUT2D eigenvalue weighted by molar-refractivity contribution is 0.0953. The first-order valence-corrected chi connectivity index (χ1v) is 12.6. The molecule has 1 aromatic heterocycles. The number of amides is 1. The summed E-state index contributed by atoms with van der Waals surface area (Å²) in [7, 11) is 0. The minimum atomic E-state index is -0.0997. The molecule has 0 radical (unpaired) electrons. The van der Waals surface area contributed by atoms with E-state index in [-0.39, 0.29) is 5.91 Å². The van der Waals surface area contributed by atoms with E-state index in [4.69, 9.17) is 0 Å². The molecule has 1 N–H and O–H groups in total. The highest BCUT2D eigenvalue weighted by Crippen LogP contribution is 2.13. The van der Waals surface area contributed by atoms with Crippen LogP contribution >= 0.6 is 0 Å². The molecule has 1 aromatic rings. The van der Waals surface area contributed by atoms with Crippen molar-refractivity contribution in [3.63, 3.8) is 0 Å². The number of aryl methyl sites for hydroxylation is 1. The van der Waals surface area contributed by atoms with E-state index < -0.39 is 0 Å². The third-order valence-corrected chi connectivity index (χ3v) is 5.74. The Labute approximate surface area is 203 Å². The van der Waals surface area contributed by atoms with Crippen LogP contribution in [0.2, 0.25) is 0 Å². The number of pyridine rings is 1. The minimum Gasteiger partial charge on any atom is -0.347 e. The molecule has 0 saturated carbocycles. The molecule has 3 nitrogen and oxygen atoms in total. The zero-order valence-electron chi connectivity index (χ0n) is 22.0. The van der Waals surface area contributed by atoms with Crippen molar-refractivity contribution in [1.29, 1.82) is 0 Å². The normalized spacial score (nSPS) is 12.6. The van der Waals surface area contributed by atoms with E-state index >= 15 is 0 Å². The van der Waals surface area contributed by atoms with E-state index in [1.165, 1.54) is 27.9 Å². The van der Waals surface area contributed by atoms with Crippen LogP contribution in [0.25, 0.3) is 0 Å². The molecule has 0 fully saturated rings. The van der Waals surface area contributed by atoms with Crippen LogP contribution in [0.15, 0.2) is 64.9 Å². The zero-order valence-corrected chi connectivity index (χ0v) is 22.0. The highest BCUT2D eigenvalue weighted by molar-refractivity contribution is 5.92. The fraction of sp³-hybridized carbons (Fsp3) is 0.533. The Morgan fingerprint density at radius 1 is 0.879 bits per heavy atom. The smallest absolute Gasteiger partial charge is 0.270 e. The molecular formula is C30H46N2O. The number of aromatic nitrogens is 1. The highest BCUT2D eigenvalue weighted by Gasteiger charge is 2.06. The van der Waals surface area contributed by atoms with Crippen molar-refractivity contribution < 1.29 is 4.79 Å². The molecule has 0 atom stereocenters. The molecule has 0 aliphatic heterocycles. The lowest BCUT2D eigenvalue weighted by Crippen LogP contribution is -2.24. The zero-order chi connectivity index (χ0) is 24.5. The molecule has 1 heterocycles. The predicted molar refractivity (Wildman–Crippen MR) is 144 cm³/mol. The van der Waals surface area contributed by atoms with Gasteiger partial charge in [-0.2, -0.15) is 0 Å². The van der Waals surface area contributed by atoms with Crippen molar-refractivity contribution in [2.24, 2.45) is 0 Å². The van der Waals surface area contributed by atoms with Gasteiger partial charge in [0.15, 0.2) is 0 Å². The van der Waals surface area contributed by atoms with E-state index in [2.05, 4.69) is 76.1 Å². The Morgan fingerprint density at radius 3 is 2.03 bits per heavy atom. The average Bonchev–Trinajstić information content (AvgIpc) is 2.77. The van der Waals surface area contributed by atoms with Crippen LogP contribution in [-0.2, 0) is 6.42 Å². The molecule has 0 unspecified atom stereocenters. The minimum absolute atomic E-state index is 0.0997. The van der Waals surface area contributed by atoms with Crippen molar-refractivity contribution >= 4 is 5.91 Å². The van der Waals surface area contributed by atoms with Gasteiger partial charge >= 0.3 is 0 Å². The second-order valence-electron chi connectivity index (χ2n) is 9.41. The van der Waals surface area contributed by atoms with E-state index in [0.29, 0.717) is 12.2 Å². The summed E-state index contributed by atoms with van der Waals surface area (Å²) in [5.74, 6) is -0.0997. The van der Waals surface area contributed by atoms with Crippen molar-refractivity contribution in [3.05, 3.63) is 76.2 Å². The Kier molecular flexibility index (Phi) is 14.8. The molecule has 0 aromatic carbocycles. The highest BCUT2D eigenvalue weighted by atomic mass is 16.1. The molecule has 1 rings (SSSR count). The summed E-state index contributed by atoms with van der Waals surface area (Å²) in [4.78, 5) is 16.6. The van der Waals surface area contributed by atoms with Gasteiger partial charge in [0.1, 0.15) is 5.69 Å². The summed E-state index contributed by atoms with van der Waals surface area (Å²) < 4.78 is 0. The van der Waals surface area contributed by atoms with E-state index in [9.17, 15) is 4.79 Å². The first kappa shape index (κ1) is 28.6. The van der Waals surface area contributed by atoms with Gasteiger partial charge in [-0.05, 0) is 104 Å². The maximum Gasteiger partial charge on any atom is 0.270 e. The Morgan fingerprint density at radius 2 is 1.45 bits per heavy atom. The third kappa shape index (κ3) is 14.4. The van der Waals surface area contributed by atoms with E-state index in [0.717, 1.165) is 57.8 Å². The second-order valence-corrected chi connectivity index (χ2v) is 9.41. The van der Waals surface area contributed by atoms with Crippen LogP contribution in [0, 0.1) is 0 Å². The number of allylic oxidation sites excluding steroid dienone is 7. The van der Waals surface area contributed by atoms with Gasteiger partial charge in [0.05, 0.1) is 0 Å². The number of rotatable bonds is 15. The number of carbonyl (C=O) groups excluding carboxylic acids is 1. The third-order valence-electron chi connectivity index (χ3n) is 5.74. The number of nitrogens with zero attached hydrogens (tertiary/aromatic N) is 1. The standard InChI is InChI=1S/C30H46N2O/c1-7-8-18-28-20-22-31-29(23-28)30(33)32-21-19-27(6)17-11-16-26(5)15-10-14-25(4)13-9-12-24(2)3/h12,14,16,19-20,22-23H,7-11,13,15,17-18,21H2,1-6H3,(H,32,33)/b25-14+,26-16+,27-19+. The molecule has 0 saturated heterocycles. The van der Waals surface area contributed by atoms with Crippen LogP contribution in [-0.4, -0.2) is 17.4 Å². The average molecular weight is 451 g/mol. The van der Waals surface area contributed by atoms with Crippen LogP contribution in [0.1, 0.15) is 109 Å². The molecule has 0 aliphatic rings. The lowest BCUT2D eigenvalue weighted by Gasteiger charge is -2.06. The fourth-order valence-electron chi connectivity index (χ4n) is 3.53. The predicted octanol–water partition coefficient (Wildman–Crippen LogP) is 8.30. The lowest BCUT2D eigenvalue weighted by atomic mass is 10.0. The topological polar surface area (TPSA) is 42.0 Å². The number of nitrogens with one attached hydrogen (secondary N) is 1. The molecule has 3 heteroatoms. The Balaban J connectivity index is 2.32. The quantitative estimate of drug-likeness (QED) is 0.273. The summed E-state index contributed by atoms with van der Waals surface area (Å²) in [6, 6.07) is 3.91. The first-order chi connectivity index (χ1) is 15.8. The molecule has 1 amide bonds. The van der Waals surface area contributed by atoms with Crippen LogP contribution in [0.4, 0.5) is 0 Å². The Hall–Kier alpha value is -2.42. The number of hydrogen-bond donors (Lipinski definition) is 1. The van der Waals surface area contributed by atoms with Crippen LogP contribution in [0.3, 0.4) is 0 Å². The van der Waals surface area contributed by atoms with E-state index in [1.807, 2.05) is 12.1 Å². The van der Waals surface area contributed by atoms with Gasteiger partial charge in [0.2, 0.25) is 0 Å². The molecule has 33 heavy (non-hydrogen) atoms. The largest absolute Gasteiger partial charge is 0.347 e. The summed E-state index contributed by atoms with van der Waals surface area (Å²) in [6.07, 6.45) is 20.8. The van der Waals surface area contributed by atoms with Gasteiger partial charge in [0.25, 0.3) is 5.91 Å². The van der Waals surface area contributed by atoms with Gasteiger partial charge in [-0.3, -0.25) is 9.78 Å². The van der Waals surface area contributed by atoms with Gasteiger partial charge in [-0.25, -0.2) is 0 Å². The van der Waals surface area contributed by atoms with Gasteiger partial charge in [0, 0.05) is 12.7 Å². The van der Waals surface area contributed by atoms with Crippen LogP contribution in [0.5, 0.6) is 0 Å². The summed E-state index contributed by atoms with van der Waals surface area (Å²) in [6.45, 7) is 13.6. The number of unbranched alkanes of at least 4 members (excludes halogenated alkanes) is 1.